The lowest BCUT2D eigenvalue weighted by atomic mass is 10.1. The Morgan fingerprint density at radius 1 is 1.00 bits per heavy atom. The fraction of sp³-hybridized carbons (Fsp3) is 0.115. The van der Waals surface area contributed by atoms with Crippen molar-refractivity contribution in [1.82, 2.24) is 14.9 Å². The normalized spacial score (nSPS) is 10.6. The average molecular weight is 491 g/mol. The van der Waals surface area contributed by atoms with Gasteiger partial charge in [0.05, 0.1) is 12.9 Å². The molecule has 0 saturated carbocycles. The number of carbonyl (C=O) groups is 2. The monoisotopic (exact) mass is 490 g/mol. The number of imidazole rings is 1. The highest BCUT2D eigenvalue weighted by Gasteiger charge is 2.11. The molecule has 0 unspecified atom stereocenters. The highest BCUT2D eigenvalue weighted by Crippen LogP contribution is 2.22. The Morgan fingerprint density at radius 2 is 1.71 bits per heavy atom. The molecule has 7 nitrogen and oxygen atoms in total. The van der Waals surface area contributed by atoms with Crippen LogP contribution in [0.2, 0.25) is 0 Å². The van der Waals surface area contributed by atoms with Crippen LogP contribution in [0.15, 0.2) is 90.3 Å². The molecule has 1 aromatic heterocycles. The molecule has 0 spiro atoms. The Morgan fingerprint density at radius 3 is 2.40 bits per heavy atom. The van der Waals surface area contributed by atoms with E-state index in [2.05, 4.69) is 15.6 Å². The third-order valence-electron chi connectivity index (χ3n) is 5.09. The van der Waals surface area contributed by atoms with E-state index in [0.717, 1.165) is 17.0 Å². The van der Waals surface area contributed by atoms with Crippen molar-refractivity contribution in [2.45, 2.75) is 11.7 Å². The van der Waals surface area contributed by atoms with Crippen LogP contribution < -0.4 is 15.4 Å². The molecular formula is C26H23FN4O3S. The summed E-state index contributed by atoms with van der Waals surface area (Å²) in [6, 6.07) is 20.2. The van der Waals surface area contributed by atoms with Gasteiger partial charge in [0.25, 0.3) is 5.91 Å². The summed E-state index contributed by atoms with van der Waals surface area (Å²) >= 11 is 1.31. The molecule has 0 atom stereocenters. The summed E-state index contributed by atoms with van der Waals surface area (Å²) < 4.78 is 20.0. The van der Waals surface area contributed by atoms with Gasteiger partial charge in [-0.15, -0.1) is 0 Å². The van der Waals surface area contributed by atoms with Gasteiger partial charge in [0, 0.05) is 35.9 Å². The largest absolute Gasteiger partial charge is 0.497 e. The standard InChI is InChI=1S/C26H23FN4O3S/c1-34-23-12-8-21(9-13-23)30-24(32)17-35-26-28-14-15-31(26)22-10-4-19(5-11-22)25(33)29-16-18-2-6-20(27)7-3-18/h2-15H,16-17H2,1H3,(H,29,33)(H,30,32). The molecule has 4 rings (SSSR count). The minimum atomic E-state index is -0.314. The van der Waals surface area contributed by atoms with E-state index in [4.69, 9.17) is 4.74 Å². The van der Waals surface area contributed by atoms with Gasteiger partial charge in [0.2, 0.25) is 5.91 Å². The third-order valence-corrected chi connectivity index (χ3v) is 6.05. The van der Waals surface area contributed by atoms with E-state index in [9.17, 15) is 14.0 Å². The molecule has 0 fully saturated rings. The topological polar surface area (TPSA) is 85.2 Å². The number of rotatable bonds is 9. The van der Waals surface area contributed by atoms with Crippen molar-refractivity contribution in [1.29, 1.82) is 0 Å². The first kappa shape index (κ1) is 24.0. The van der Waals surface area contributed by atoms with Crippen molar-refractivity contribution in [3.63, 3.8) is 0 Å². The Labute approximate surface area is 206 Å². The van der Waals surface area contributed by atoms with Crippen LogP contribution in [-0.4, -0.2) is 34.2 Å². The van der Waals surface area contributed by atoms with Gasteiger partial charge >= 0.3 is 0 Å². The summed E-state index contributed by atoms with van der Waals surface area (Å²) in [6.45, 7) is 0.307. The van der Waals surface area contributed by atoms with Crippen LogP contribution in [0.4, 0.5) is 10.1 Å². The van der Waals surface area contributed by atoms with Crippen molar-refractivity contribution in [2.24, 2.45) is 0 Å². The Balaban J connectivity index is 1.32. The number of hydrogen-bond acceptors (Lipinski definition) is 5. The first-order valence-corrected chi connectivity index (χ1v) is 11.7. The molecule has 35 heavy (non-hydrogen) atoms. The highest BCUT2D eigenvalue weighted by atomic mass is 32.2. The number of methoxy groups -OCH3 is 1. The summed E-state index contributed by atoms with van der Waals surface area (Å²) in [5.74, 6) is 0.216. The first-order valence-electron chi connectivity index (χ1n) is 10.7. The maximum absolute atomic E-state index is 13.0. The molecule has 4 aromatic rings. The molecule has 0 radical (unpaired) electrons. The number of carbonyl (C=O) groups excluding carboxylic acids is 2. The van der Waals surface area contributed by atoms with E-state index >= 15 is 0 Å². The van der Waals surface area contributed by atoms with Gasteiger partial charge in [-0.1, -0.05) is 23.9 Å². The molecule has 1 heterocycles. The zero-order valence-electron chi connectivity index (χ0n) is 18.9. The number of nitrogens with one attached hydrogen (secondary N) is 2. The second kappa shape index (κ2) is 11.3. The maximum atomic E-state index is 13.0. The van der Waals surface area contributed by atoms with Crippen molar-refractivity contribution in [2.75, 3.05) is 18.2 Å². The van der Waals surface area contributed by atoms with Crippen molar-refractivity contribution in [3.8, 4) is 11.4 Å². The molecule has 0 saturated heterocycles. The molecule has 0 aliphatic carbocycles. The van der Waals surface area contributed by atoms with Crippen LogP contribution in [0.25, 0.3) is 5.69 Å². The van der Waals surface area contributed by atoms with Gasteiger partial charge in [-0.3, -0.25) is 14.2 Å². The molecule has 0 aliphatic rings. The molecule has 9 heteroatoms. The molecule has 2 N–H and O–H groups in total. The second-order valence-electron chi connectivity index (χ2n) is 7.50. The fourth-order valence-electron chi connectivity index (χ4n) is 3.25. The summed E-state index contributed by atoms with van der Waals surface area (Å²) in [6.07, 6.45) is 3.46. The number of hydrogen-bond donors (Lipinski definition) is 2. The smallest absolute Gasteiger partial charge is 0.251 e. The molecule has 0 aliphatic heterocycles. The predicted octanol–water partition coefficient (Wildman–Crippen LogP) is 4.68. The number of nitrogens with zero attached hydrogens (tertiary/aromatic N) is 2. The lowest BCUT2D eigenvalue weighted by Crippen LogP contribution is -2.22. The van der Waals surface area contributed by atoms with Crippen molar-refractivity contribution >= 4 is 29.3 Å². The van der Waals surface area contributed by atoms with E-state index in [1.54, 1.807) is 68.0 Å². The maximum Gasteiger partial charge on any atom is 0.251 e. The SMILES string of the molecule is COc1ccc(NC(=O)CSc2nccn2-c2ccc(C(=O)NCc3ccc(F)cc3)cc2)cc1. The zero-order chi connectivity index (χ0) is 24.6. The molecule has 0 bridgehead atoms. The summed E-state index contributed by atoms with van der Waals surface area (Å²) in [5.41, 5.74) is 2.82. The Hall–Kier alpha value is -4.11. The summed E-state index contributed by atoms with van der Waals surface area (Å²) in [7, 11) is 1.59. The number of amides is 2. The summed E-state index contributed by atoms with van der Waals surface area (Å²) in [5, 5.41) is 6.33. The number of anilines is 1. The quantitative estimate of drug-likeness (QED) is 0.333. The van der Waals surface area contributed by atoms with Crippen LogP contribution in [0, 0.1) is 5.82 Å². The van der Waals surface area contributed by atoms with Crippen molar-refractivity contribution in [3.05, 3.63) is 102 Å². The van der Waals surface area contributed by atoms with Gasteiger partial charge in [0.1, 0.15) is 11.6 Å². The number of ether oxygens (including phenoxy) is 1. The van der Waals surface area contributed by atoms with Crippen LogP contribution >= 0.6 is 11.8 Å². The van der Waals surface area contributed by atoms with Crippen molar-refractivity contribution < 1.29 is 18.7 Å². The van der Waals surface area contributed by atoms with Crippen LogP contribution in [0.5, 0.6) is 5.75 Å². The third kappa shape index (κ3) is 6.48. The van der Waals surface area contributed by atoms with E-state index in [1.165, 1.54) is 23.9 Å². The van der Waals surface area contributed by atoms with E-state index in [0.29, 0.717) is 23.0 Å². The zero-order valence-corrected chi connectivity index (χ0v) is 19.7. The molecule has 178 valence electrons. The van der Waals surface area contributed by atoms with Crippen LogP contribution in [0.3, 0.4) is 0 Å². The number of halogens is 1. The van der Waals surface area contributed by atoms with E-state index < -0.39 is 0 Å². The van der Waals surface area contributed by atoms with E-state index in [-0.39, 0.29) is 23.4 Å². The predicted molar refractivity (Wildman–Crippen MR) is 133 cm³/mol. The Bertz CT molecular complexity index is 1290. The number of thioether (sulfide) groups is 1. The molecular weight excluding hydrogens is 467 g/mol. The van der Waals surface area contributed by atoms with Crippen LogP contribution in [-0.2, 0) is 11.3 Å². The Kier molecular flexibility index (Phi) is 7.79. The summed E-state index contributed by atoms with van der Waals surface area (Å²) in [4.78, 5) is 29.1. The highest BCUT2D eigenvalue weighted by molar-refractivity contribution is 7.99. The van der Waals surface area contributed by atoms with Gasteiger partial charge in [-0.25, -0.2) is 9.37 Å². The number of benzene rings is 3. The van der Waals surface area contributed by atoms with Gasteiger partial charge in [-0.05, 0) is 66.2 Å². The van der Waals surface area contributed by atoms with Gasteiger partial charge in [-0.2, -0.15) is 0 Å². The minimum absolute atomic E-state index is 0.150. The van der Waals surface area contributed by atoms with Crippen LogP contribution in [0.1, 0.15) is 15.9 Å². The fourth-order valence-corrected chi connectivity index (χ4v) is 4.03. The average Bonchev–Trinajstić information content (AvgIpc) is 3.36. The lowest BCUT2D eigenvalue weighted by Gasteiger charge is -2.10. The minimum Gasteiger partial charge on any atom is -0.497 e. The van der Waals surface area contributed by atoms with Gasteiger partial charge in [0.15, 0.2) is 5.16 Å². The van der Waals surface area contributed by atoms with E-state index in [1.807, 2.05) is 16.7 Å². The molecule has 2 amide bonds. The first-order chi connectivity index (χ1) is 17.0. The lowest BCUT2D eigenvalue weighted by molar-refractivity contribution is -0.113. The second-order valence-corrected chi connectivity index (χ2v) is 8.44. The number of aromatic nitrogens is 2. The van der Waals surface area contributed by atoms with Gasteiger partial charge < -0.3 is 15.4 Å². The molecule has 3 aromatic carbocycles.